The Balaban J connectivity index is 1.97. The van der Waals surface area contributed by atoms with E-state index in [9.17, 15) is 5.11 Å². The standard InChI is InChI=1S/C16H20N2O/c1-16(19,14-5-3-8-17-11-14)13-6-7-15-12(10-13)4-2-9-18-15/h2,4,6-7,9-10,14,17,19H,3,5,8,11H2,1H3. The van der Waals surface area contributed by atoms with Gasteiger partial charge in [0.1, 0.15) is 0 Å². The predicted molar refractivity (Wildman–Crippen MR) is 76.9 cm³/mol. The van der Waals surface area contributed by atoms with Crippen molar-refractivity contribution < 1.29 is 5.11 Å². The van der Waals surface area contributed by atoms with Gasteiger partial charge in [0, 0.05) is 24.0 Å². The maximum absolute atomic E-state index is 10.9. The minimum atomic E-state index is -0.780. The second-order valence-corrected chi connectivity index (χ2v) is 5.60. The Morgan fingerprint density at radius 1 is 1.37 bits per heavy atom. The van der Waals surface area contributed by atoms with E-state index in [0.29, 0.717) is 0 Å². The van der Waals surface area contributed by atoms with E-state index in [-0.39, 0.29) is 5.92 Å². The van der Waals surface area contributed by atoms with E-state index in [1.54, 1.807) is 6.20 Å². The van der Waals surface area contributed by atoms with Gasteiger partial charge in [-0.05, 0) is 50.1 Å². The van der Waals surface area contributed by atoms with E-state index in [1.165, 1.54) is 0 Å². The monoisotopic (exact) mass is 256 g/mol. The van der Waals surface area contributed by atoms with Gasteiger partial charge in [0.15, 0.2) is 0 Å². The summed E-state index contributed by atoms with van der Waals surface area (Å²) in [4.78, 5) is 4.32. The first-order valence-electron chi connectivity index (χ1n) is 6.96. The van der Waals surface area contributed by atoms with Gasteiger partial charge in [0.25, 0.3) is 0 Å². The molecule has 2 unspecified atom stereocenters. The maximum atomic E-state index is 10.9. The number of aliphatic hydroxyl groups is 1. The predicted octanol–water partition coefficient (Wildman–Crippen LogP) is 2.44. The molecule has 1 aromatic carbocycles. The third-order valence-corrected chi connectivity index (χ3v) is 4.28. The minimum absolute atomic E-state index is 0.273. The summed E-state index contributed by atoms with van der Waals surface area (Å²) in [5, 5.41) is 15.4. The van der Waals surface area contributed by atoms with E-state index in [0.717, 1.165) is 42.4 Å². The van der Waals surface area contributed by atoms with Crippen molar-refractivity contribution in [3.8, 4) is 0 Å². The highest BCUT2D eigenvalue weighted by Gasteiger charge is 2.34. The Morgan fingerprint density at radius 3 is 3.05 bits per heavy atom. The molecule has 0 saturated carbocycles. The van der Waals surface area contributed by atoms with Crippen molar-refractivity contribution in [2.24, 2.45) is 5.92 Å². The normalized spacial score (nSPS) is 23.2. The topological polar surface area (TPSA) is 45.2 Å². The molecular weight excluding hydrogens is 236 g/mol. The second kappa shape index (κ2) is 4.91. The van der Waals surface area contributed by atoms with Crippen LogP contribution in [0.25, 0.3) is 10.9 Å². The number of fused-ring (bicyclic) bond motifs is 1. The molecule has 0 bridgehead atoms. The summed E-state index contributed by atoms with van der Waals surface area (Å²) in [5.41, 5.74) is 1.18. The van der Waals surface area contributed by atoms with Gasteiger partial charge in [-0.15, -0.1) is 0 Å². The number of rotatable bonds is 2. The van der Waals surface area contributed by atoms with Gasteiger partial charge in [-0.25, -0.2) is 0 Å². The molecule has 0 aliphatic carbocycles. The van der Waals surface area contributed by atoms with E-state index in [2.05, 4.69) is 16.4 Å². The molecule has 0 amide bonds. The van der Waals surface area contributed by atoms with E-state index in [1.807, 2.05) is 31.2 Å². The number of hydrogen-bond donors (Lipinski definition) is 2. The number of nitrogens with one attached hydrogen (secondary N) is 1. The van der Waals surface area contributed by atoms with Crippen LogP contribution in [0.15, 0.2) is 36.5 Å². The van der Waals surface area contributed by atoms with Gasteiger partial charge >= 0.3 is 0 Å². The highest BCUT2D eigenvalue weighted by molar-refractivity contribution is 5.79. The highest BCUT2D eigenvalue weighted by Crippen LogP contribution is 2.34. The summed E-state index contributed by atoms with van der Waals surface area (Å²) in [7, 11) is 0. The van der Waals surface area contributed by atoms with Gasteiger partial charge in [0.2, 0.25) is 0 Å². The zero-order valence-corrected chi connectivity index (χ0v) is 11.3. The molecule has 0 spiro atoms. The van der Waals surface area contributed by atoms with Crippen LogP contribution in [0.4, 0.5) is 0 Å². The van der Waals surface area contributed by atoms with E-state index < -0.39 is 5.60 Å². The molecule has 19 heavy (non-hydrogen) atoms. The summed E-state index contributed by atoms with van der Waals surface area (Å²) in [5.74, 6) is 0.273. The van der Waals surface area contributed by atoms with E-state index >= 15 is 0 Å². The molecule has 0 radical (unpaired) electrons. The van der Waals surface area contributed by atoms with Crippen molar-refractivity contribution in [2.45, 2.75) is 25.4 Å². The number of aromatic nitrogens is 1. The molecule has 2 atom stereocenters. The summed E-state index contributed by atoms with van der Waals surface area (Å²) in [6, 6.07) is 10.0. The number of hydrogen-bond acceptors (Lipinski definition) is 3. The van der Waals surface area contributed by atoms with Crippen LogP contribution in [0.2, 0.25) is 0 Å². The summed E-state index contributed by atoms with van der Waals surface area (Å²) < 4.78 is 0. The molecule has 1 fully saturated rings. The number of nitrogens with zero attached hydrogens (tertiary/aromatic N) is 1. The fourth-order valence-electron chi connectivity index (χ4n) is 2.96. The van der Waals surface area contributed by atoms with Crippen LogP contribution in [0.5, 0.6) is 0 Å². The molecule has 100 valence electrons. The molecule has 2 N–H and O–H groups in total. The van der Waals surface area contributed by atoms with Crippen molar-refractivity contribution in [3.05, 3.63) is 42.1 Å². The first kappa shape index (κ1) is 12.6. The summed E-state index contributed by atoms with van der Waals surface area (Å²) in [6.07, 6.45) is 4.01. The number of benzene rings is 1. The largest absolute Gasteiger partial charge is 0.385 e. The van der Waals surface area contributed by atoms with Crippen LogP contribution >= 0.6 is 0 Å². The van der Waals surface area contributed by atoms with Crippen LogP contribution in [0.3, 0.4) is 0 Å². The van der Waals surface area contributed by atoms with Crippen molar-refractivity contribution in [3.63, 3.8) is 0 Å². The number of pyridine rings is 1. The summed E-state index contributed by atoms with van der Waals surface area (Å²) in [6.45, 7) is 3.88. The minimum Gasteiger partial charge on any atom is -0.385 e. The van der Waals surface area contributed by atoms with Crippen molar-refractivity contribution in [1.82, 2.24) is 10.3 Å². The molecule has 1 aliphatic heterocycles. The van der Waals surface area contributed by atoms with Gasteiger partial charge in [-0.1, -0.05) is 12.1 Å². The Kier molecular flexibility index (Phi) is 3.25. The van der Waals surface area contributed by atoms with Crippen LogP contribution in [-0.4, -0.2) is 23.2 Å². The smallest absolute Gasteiger partial charge is 0.0908 e. The Hall–Kier alpha value is -1.45. The zero-order chi connectivity index (χ0) is 13.3. The lowest BCUT2D eigenvalue weighted by molar-refractivity contribution is -0.0155. The Bertz CT molecular complexity index is 574. The molecule has 3 rings (SSSR count). The third kappa shape index (κ3) is 2.36. The summed E-state index contributed by atoms with van der Waals surface area (Å²) >= 11 is 0. The zero-order valence-electron chi connectivity index (χ0n) is 11.3. The molecule has 1 aromatic heterocycles. The lowest BCUT2D eigenvalue weighted by Crippen LogP contribution is -2.42. The van der Waals surface area contributed by atoms with Crippen molar-refractivity contribution in [1.29, 1.82) is 0 Å². The van der Waals surface area contributed by atoms with Gasteiger partial charge < -0.3 is 10.4 Å². The van der Waals surface area contributed by atoms with Crippen LogP contribution in [0.1, 0.15) is 25.3 Å². The van der Waals surface area contributed by atoms with Gasteiger partial charge in [-0.3, -0.25) is 4.98 Å². The average Bonchev–Trinajstić information content (AvgIpc) is 2.47. The van der Waals surface area contributed by atoms with Crippen molar-refractivity contribution in [2.75, 3.05) is 13.1 Å². The molecular formula is C16H20N2O. The fraction of sp³-hybridized carbons (Fsp3) is 0.438. The SMILES string of the molecule is CC(O)(c1ccc2ncccc2c1)C1CCCNC1. The van der Waals surface area contributed by atoms with Crippen LogP contribution in [0, 0.1) is 5.92 Å². The highest BCUT2D eigenvalue weighted by atomic mass is 16.3. The van der Waals surface area contributed by atoms with Crippen LogP contribution in [-0.2, 0) is 5.60 Å². The first-order chi connectivity index (χ1) is 9.18. The van der Waals surface area contributed by atoms with Gasteiger partial charge in [-0.2, -0.15) is 0 Å². The lowest BCUT2D eigenvalue weighted by Gasteiger charge is -2.36. The van der Waals surface area contributed by atoms with Crippen LogP contribution < -0.4 is 5.32 Å². The second-order valence-electron chi connectivity index (χ2n) is 5.60. The molecule has 3 nitrogen and oxygen atoms in total. The van der Waals surface area contributed by atoms with Crippen molar-refractivity contribution >= 4 is 10.9 Å². The fourth-order valence-corrected chi connectivity index (χ4v) is 2.96. The lowest BCUT2D eigenvalue weighted by atomic mass is 9.78. The molecule has 2 heterocycles. The first-order valence-corrected chi connectivity index (χ1v) is 6.96. The molecule has 2 aromatic rings. The quantitative estimate of drug-likeness (QED) is 0.867. The molecule has 1 aliphatic rings. The Labute approximate surface area is 113 Å². The average molecular weight is 256 g/mol. The van der Waals surface area contributed by atoms with Gasteiger partial charge in [0.05, 0.1) is 11.1 Å². The Morgan fingerprint density at radius 2 is 2.26 bits per heavy atom. The maximum Gasteiger partial charge on any atom is 0.0908 e. The number of piperidine rings is 1. The molecule has 3 heteroatoms. The van der Waals surface area contributed by atoms with E-state index in [4.69, 9.17) is 0 Å². The third-order valence-electron chi connectivity index (χ3n) is 4.28. The molecule has 1 saturated heterocycles.